The van der Waals surface area contributed by atoms with Crippen LogP contribution in [-0.4, -0.2) is 52.9 Å². The molecule has 0 aliphatic carbocycles. The highest BCUT2D eigenvalue weighted by Gasteiger charge is 2.22. The van der Waals surface area contributed by atoms with Crippen LogP contribution in [0.25, 0.3) is 0 Å². The molecule has 1 aliphatic heterocycles. The normalized spacial score (nSPS) is 16.0. The fraction of sp³-hybridized carbons (Fsp3) is 0.263. The Bertz CT molecular complexity index is 753. The van der Waals surface area contributed by atoms with Crippen molar-refractivity contribution in [1.29, 1.82) is 0 Å². The summed E-state index contributed by atoms with van der Waals surface area (Å²) in [5.41, 5.74) is 7.98. The molecule has 1 amide bonds. The van der Waals surface area contributed by atoms with Crippen LogP contribution in [0, 0.1) is 0 Å². The highest BCUT2D eigenvalue weighted by atomic mass is 16.4. The van der Waals surface area contributed by atoms with Crippen molar-refractivity contribution in [3.05, 3.63) is 71.3 Å². The molecule has 6 heteroatoms. The van der Waals surface area contributed by atoms with Gasteiger partial charge in [-0.25, -0.2) is 0 Å². The quantitative estimate of drug-likeness (QED) is 0.385. The van der Waals surface area contributed by atoms with Crippen LogP contribution in [0.4, 0.5) is 0 Å². The third-order valence-corrected chi connectivity index (χ3v) is 4.42. The molecule has 0 atom stereocenters. The van der Waals surface area contributed by atoms with Gasteiger partial charge >= 0.3 is 0 Å². The van der Waals surface area contributed by atoms with Gasteiger partial charge in [0.15, 0.2) is 5.84 Å². The average Bonchev–Trinajstić information content (AvgIpc) is 2.68. The molecule has 1 fully saturated rings. The van der Waals surface area contributed by atoms with E-state index in [-0.39, 0.29) is 11.7 Å². The summed E-state index contributed by atoms with van der Waals surface area (Å²) in [6.45, 7) is 3.99. The van der Waals surface area contributed by atoms with Gasteiger partial charge in [-0.3, -0.25) is 9.69 Å². The van der Waals surface area contributed by atoms with Gasteiger partial charge in [0, 0.05) is 43.9 Å². The molecule has 0 unspecified atom stereocenters. The lowest BCUT2D eigenvalue weighted by atomic mass is 10.1. The third kappa shape index (κ3) is 4.16. The molecule has 130 valence electrons. The van der Waals surface area contributed by atoms with Crippen LogP contribution in [0.1, 0.15) is 21.5 Å². The SMILES string of the molecule is N/C(=N/O)c1cccc(C(=O)N2CCN(Cc3ccccc3)CC2)c1. The molecule has 3 N–H and O–H groups in total. The van der Waals surface area contributed by atoms with E-state index in [4.69, 9.17) is 10.9 Å². The number of hydrogen-bond acceptors (Lipinski definition) is 4. The molecule has 0 spiro atoms. The molecule has 6 nitrogen and oxygen atoms in total. The number of nitrogens with zero attached hydrogens (tertiary/aromatic N) is 3. The van der Waals surface area contributed by atoms with E-state index in [1.807, 2.05) is 23.1 Å². The molecule has 2 aromatic rings. The lowest BCUT2D eigenvalue weighted by Crippen LogP contribution is -2.48. The maximum atomic E-state index is 12.7. The highest BCUT2D eigenvalue weighted by Crippen LogP contribution is 2.13. The topological polar surface area (TPSA) is 82.2 Å². The molecule has 1 saturated heterocycles. The second-order valence-corrected chi connectivity index (χ2v) is 6.12. The molecule has 0 aromatic heterocycles. The van der Waals surface area contributed by atoms with E-state index in [1.54, 1.807) is 24.3 Å². The number of carbonyl (C=O) groups excluding carboxylic acids is 1. The van der Waals surface area contributed by atoms with Crippen molar-refractivity contribution in [1.82, 2.24) is 9.80 Å². The number of carbonyl (C=O) groups is 1. The van der Waals surface area contributed by atoms with Crippen molar-refractivity contribution in [2.75, 3.05) is 26.2 Å². The van der Waals surface area contributed by atoms with Crippen LogP contribution in [0.3, 0.4) is 0 Å². The Morgan fingerprint density at radius 3 is 2.36 bits per heavy atom. The standard InChI is InChI=1S/C19H22N4O2/c20-18(21-25)16-7-4-8-17(13-16)19(24)23-11-9-22(10-12-23)14-15-5-2-1-3-6-15/h1-8,13,25H,9-12,14H2,(H2,20,21). The molecule has 1 aliphatic rings. The molecule has 0 radical (unpaired) electrons. The largest absolute Gasteiger partial charge is 0.409 e. The second-order valence-electron chi connectivity index (χ2n) is 6.12. The summed E-state index contributed by atoms with van der Waals surface area (Å²) in [5.74, 6) is -0.0192. The Hall–Kier alpha value is -2.86. The van der Waals surface area contributed by atoms with Crippen molar-refractivity contribution in [2.45, 2.75) is 6.54 Å². The highest BCUT2D eigenvalue weighted by molar-refractivity contribution is 6.01. The first-order chi connectivity index (χ1) is 12.2. The smallest absolute Gasteiger partial charge is 0.253 e. The van der Waals surface area contributed by atoms with Gasteiger partial charge in [0.2, 0.25) is 0 Å². The predicted molar refractivity (Wildman–Crippen MR) is 96.6 cm³/mol. The van der Waals surface area contributed by atoms with Crippen LogP contribution in [0.15, 0.2) is 59.8 Å². The Balaban J connectivity index is 1.60. The van der Waals surface area contributed by atoms with Gasteiger partial charge in [-0.15, -0.1) is 0 Å². The summed E-state index contributed by atoms with van der Waals surface area (Å²) in [5, 5.41) is 11.8. The summed E-state index contributed by atoms with van der Waals surface area (Å²) in [7, 11) is 0. The molecule has 25 heavy (non-hydrogen) atoms. The Morgan fingerprint density at radius 1 is 1.00 bits per heavy atom. The number of rotatable bonds is 4. The van der Waals surface area contributed by atoms with Crippen molar-refractivity contribution in [2.24, 2.45) is 10.9 Å². The van der Waals surface area contributed by atoms with Crippen molar-refractivity contribution in [3.63, 3.8) is 0 Å². The minimum absolute atomic E-state index is 0.00216. The monoisotopic (exact) mass is 338 g/mol. The van der Waals surface area contributed by atoms with Gasteiger partial charge in [0.05, 0.1) is 0 Å². The molecule has 1 heterocycles. The lowest BCUT2D eigenvalue weighted by Gasteiger charge is -2.34. The van der Waals surface area contributed by atoms with Gasteiger partial charge < -0.3 is 15.8 Å². The van der Waals surface area contributed by atoms with Crippen LogP contribution >= 0.6 is 0 Å². The van der Waals surface area contributed by atoms with Crippen LogP contribution < -0.4 is 5.73 Å². The summed E-state index contributed by atoms with van der Waals surface area (Å²) >= 11 is 0. The predicted octanol–water partition coefficient (Wildman–Crippen LogP) is 1.74. The van der Waals surface area contributed by atoms with E-state index < -0.39 is 0 Å². The zero-order valence-corrected chi connectivity index (χ0v) is 14.0. The molecule has 0 saturated carbocycles. The van der Waals surface area contributed by atoms with Crippen LogP contribution in [-0.2, 0) is 6.54 Å². The zero-order chi connectivity index (χ0) is 17.6. The summed E-state index contributed by atoms with van der Waals surface area (Å²) in [6, 6.07) is 17.2. The fourth-order valence-electron chi connectivity index (χ4n) is 3.00. The van der Waals surface area contributed by atoms with Crippen molar-refractivity contribution in [3.8, 4) is 0 Å². The maximum Gasteiger partial charge on any atom is 0.253 e. The van der Waals surface area contributed by atoms with Gasteiger partial charge in [-0.2, -0.15) is 0 Å². The van der Waals surface area contributed by atoms with Crippen LogP contribution in [0.2, 0.25) is 0 Å². The first-order valence-corrected chi connectivity index (χ1v) is 8.31. The summed E-state index contributed by atoms with van der Waals surface area (Å²) in [4.78, 5) is 16.9. The van der Waals surface area contributed by atoms with E-state index in [0.717, 1.165) is 19.6 Å². The van der Waals surface area contributed by atoms with E-state index in [2.05, 4.69) is 22.2 Å². The second kappa shape index (κ2) is 7.81. The number of nitrogens with two attached hydrogens (primary N) is 1. The lowest BCUT2D eigenvalue weighted by molar-refractivity contribution is 0.0628. The average molecular weight is 338 g/mol. The Labute approximate surface area is 147 Å². The Morgan fingerprint density at radius 2 is 1.68 bits per heavy atom. The number of amidine groups is 1. The number of amides is 1. The molecule has 0 bridgehead atoms. The first-order valence-electron chi connectivity index (χ1n) is 8.31. The minimum Gasteiger partial charge on any atom is -0.409 e. The van der Waals surface area contributed by atoms with Gasteiger partial charge in [-0.1, -0.05) is 47.6 Å². The van der Waals surface area contributed by atoms with Crippen molar-refractivity contribution < 1.29 is 10.0 Å². The molecule has 3 rings (SSSR count). The van der Waals surface area contributed by atoms with E-state index in [1.165, 1.54) is 5.56 Å². The van der Waals surface area contributed by atoms with E-state index in [9.17, 15) is 4.79 Å². The zero-order valence-electron chi connectivity index (χ0n) is 14.0. The minimum atomic E-state index is -0.0213. The maximum absolute atomic E-state index is 12.7. The third-order valence-electron chi connectivity index (χ3n) is 4.42. The number of oxime groups is 1. The molecular formula is C19H22N4O2. The van der Waals surface area contributed by atoms with Gasteiger partial charge in [-0.05, 0) is 17.7 Å². The summed E-state index contributed by atoms with van der Waals surface area (Å²) in [6.07, 6.45) is 0. The van der Waals surface area contributed by atoms with E-state index in [0.29, 0.717) is 24.2 Å². The molecular weight excluding hydrogens is 316 g/mol. The van der Waals surface area contributed by atoms with Crippen molar-refractivity contribution >= 4 is 11.7 Å². The summed E-state index contributed by atoms with van der Waals surface area (Å²) < 4.78 is 0. The van der Waals surface area contributed by atoms with Crippen LogP contribution in [0.5, 0.6) is 0 Å². The van der Waals surface area contributed by atoms with E-state index >= 15 is 0 Å². The first kappa shape index (κ1) is 17.0. The number of piperazine rings is 1. The number of hydrogen-bond donors (Lipinski definition) is 2. The van der Waals surface area contributed by atoms with Gasteiger partial charge in [0.1, 0.15) is 0 Å². The van der Waals surface area contributed by atoms with Gasteiger partial charge in [0.25, 0.3) is 5.91 Å². The number of benzene rings is 2. The fourth-order valence-corrected chi connectivity index (χ4v) is 3.00. The molecule has 2 aromatic carbocycles. The Kier molecular flexibility index (Phi) is 5.30.